The fraction of sp³-hybridized carbons (Fsp3) is 0.471. The number of hydrogen-bond donors (Lipinski definition) is 1. The van der Waals surface area contributed by atoms with Gasteiger partial charge >= 0.3 is 5.97 Å². The molecular weight excluding hydrogens is 358 g/mol. The van der Waals surface area contributed by atoms with Crippen molar-refractivity contribution in [2.24, 2.45) is 13.0 Å². The maximum Gasteiger partial charge on any atom is 0.341 e. The molecule has 0 fully saturated rings. The monoisotopic (exact) mass is 381 g/mol. The Hall–Kier alpha value is -1.80. The molecule has 0 unspecified atom stereocenters. The van der Waals surface area contributed by atoms with Crippen LogP contribution in [0.1, 0.15) is 36.7 Å². The van der Waals surface area contributed by atoms with E-state index in [-0.39, 0.29) is 17.6 Å². The standard InChI is InChI=1S/C17H23N3O3S2/c1-5-23-16(22)14-12(8-11(2)3)9-24-15(14)19-13(21)10-25-17-18-6-7-20(17)4/h6-7,9,11H,5,8,10H2,1-4H3,(H,19,21). The van der Waals surface area contributed by atoms with Gasteiger partial charge in [0.2, 0.25) is 5.91 Å². The molecule has 2 aromatic rings. The normalized spacial score (nSPS) is 10.9. The van der Waals surface area contributed by atoms with Crippen LogP contribution in [0.4, 0.5) is 5.00 Å². The molecule has 0 aliphatic heterocycles. The lowest BCUT2D eigenvalue weighted by Crippen LogP contribution is -2.17. The first-order valence-electron chi connectivity index (χ1n) is 8.09. The number of thiophene rings is 1. The number of rotatable bonds is 8. The fourth-order valence-corrected chi connectivity index (χ4v) is 4.00. The first-order valence-corrected chi connectivity index (χ1v) is 9.96. The third-order valence-electron chi connectivity index (χ3n) is 3.34. The minimum absolute atomic E-state index is 0.170. The highest BCUT2D eigenvalue weighted by atomic mass is 32.2. The smallest absolute Gasteiger partial charge is 0.341 e. The molecule has 0 saturated heterocycles. The molecule has 0 radical (unpaired) electrons. The average molecular weight is 382 g/mol. The average Bonchev–Trinajstić information content (AvgIpc) is 3.11. The Morgan fingerprint density at radius 1 is 1.44 bits per heavy atom. The maximum atomic E-state index is 12.3. The highest BCUT2D eigenvalue weighted by Gasteiger charge is 2.22. The van der Waals surface area contributed by atoms with Crippen molar-refractivity contribution in [3.8, 4) is 0 Å². The molecule has 0 saturated carbocycles. The van der Waals surface area contributed by atoms with Crippen molar-refractivity contribution in [2.75, 3.05) is 17.7 Å². The zero-order chi connectivity index (χ0) is 18.4. The van der Waals surface area contributed by atoms with E-state index in [1.165, 1.54) is 23.1 Å². The molecule has 1 N–H and O–H groups in total. The number of nitrogens with zero attached hydrogens (tertiary/aromatic N) is 2. The van der Waals surface area contributed by atoms with E-state index in [4.69, 9.17) is 4.74 Å². The fourth-order valence-electron chi connectivity index (χ4n) is 2.29. The zero-order valence-corrected chi connectivity index (χ0v) is 16.5. The third kappa shape index (κ3) is 5.34. The molecule has 0 bridgehead atoms. The molecule has 0 aromatic carbocycles. The van der Waals surface area contributed by atoms with Gasteiger partial charge in [0.25, 0.3) is 0 Å². The molecule has 1 amide bonds. The quantitative estimate of drug-likeness (QED) is 0.559. The van der Waals surface area contributed by atoms with Gasteiger partial charge in [0.15, 0.2) is 5.16 Å². The minimum atomic E-state index is -0.383. The van der Waals surface area contributed by atoms with Crippen LogP contribution in [0.25, 0.3) is 0 Å². The van der Waals surface area contributed by atoms with Crippen LogP contribution >= 0.6 is 23.1 Å². The number of nitrogens with one attached hydrogen (secondary N) is 1. The van der Waals surface area contributed by atoms with E-state index in [0.717, 1.165) is 17.1 Å². The Balaban J connectivity index is 2.09. The van der Waals surface area contributed by atoms with E-state index in [0.29, 0.717) is 23.1 Å². The van der Waals surface area contributed by atoms with Crippen molar-refractivity contribution in [3.05, 3.63) is 28.9 Å². The lowest BCUT2D eigenvalue weighted by molar-refractivity contribution is -0.113. The van der Waals surface area contributed by atoms with Crippen LogP contribution < -0.4 is 5.32 Å². The molecule has 0 aliphatic carbocycles. The number of aryl methyl sites for hydroxylation is 1. The zero-order valence-electron chi connectivity index (χ0n) is 14.9. The second-order valence-electron chi connectivity index (χ2n) is 5.94. The molecule has 2 rings (SSSR count). The summed E-state index contributed by atoms with van der Waals surface area (Å²) in [6.45, 7) is 6.26. The number of ether oxygens (including phenoxy) is 1. The van der Waals surface area contributed by atoms with E-state index in [1.807, 2.05) is 23.2 Å². The van der Waals surface area contributed by atoms with Crippen LogP contribution in [0.3, 0.4) is 0 Å². The van der Waals surface area contributed by atoms with Gasteiger partial charge in [-0.1, -0.05) is 25.6 Å². The summed E-state index contributed by atoms with van der Waals surface area (Å²) in [5.74, 6) is 0.0816. The number of aromatic nitrogens is 2. The Morgan fingerprint density at radius 2 is 2.20 bits per heavy atom. The van der Waals surface area contributed by atoms with Gasteiger partial charge in [-0.05, 0) is 30.2 Å². The number of amides is 1. The van der Waals surface area contributed by atoms with Crippen LogP contribution in [0.15, 0.2) is 22.9 Å². The number of thioether (sulfide) groups is 1. The topological polar surface area (TPSA) is 73.2 Å². The summed E-state index contributed by atoms with van der Waals surface area (Å²) >= 11 is 2.72. The highest BCUT2D eigenvalue weighted by Crippen LogP contribution is 2.31. The van der Waals surface area contributed by atoms with Gasteiger partial charge in [-0.15, -0.1) is 11.3 Å². The van der Waals surface area contributed by atoms with Gasteiger partial charge in [0.1, 0.15) is 5.00 Å². The lowest BCUT2D eigenvalue weighted by atomic mass is 10.0. The third-order valence-corrected chi connectivity index (χ3v) is 5.34. The second-order valence-corrected chi connectivity index (χ2v) is 7.76. The molecule has 136 valence electrons. The van der Waals surface area contributed by atoms with Gasteiger partial charge in [-0.2, -0.15) is 0 Å². The summed E-state index contributed by atoms with van der Waals surface area (Å²) in [5, 5.41) is 6.10. The molecule has 6 nitrogen and oxygen atoms in total. The Bertz CT molecular complexity index is 737. The highest BCUT2D eigenvalue weighted by molar-refractivity contribution is 7.99. The van der Waals surface area contributed by atoms with Crippen molar-refractivity contribution in [2.45, 2.75) is 32.3 Å². The summed E-state index contributed by atoms with van der Waals surface area (Å²) in [6.07, 6.45) is 4.29. The number of carbonyl (C=O) groups excluding carboxylic acids is 2. The van der Waals surface area contributed by atoms with E-state index in [2.05, 4.69) is 24.1 Å². The molecular formula is C17H23N3O3S2. The summed E-state index contributed by atoms with van der Waals surface area (Å²) in [6, 6.07) is 0. The molecule has 8 heteroatoms. The Morgan fingerprint density at radius 3 is 2.80 bits per heavy atom. The van der Waals surface area contributed by atoms with Crippen molar-refractivity contribution in [3.63, 3.8) is 0 Å². The van der Waals surface area contributed by atoms with Crippen molar-refractivity contribution >= 4 is 40.0 Å². The number of carbonyl (C=O) groups is 2. The van der Waals surface area contributed by atoms with Gasteiger partial charge < -0.3 is 14.6 Å². The summed E-state index contributed by atoms with van der Waals surface area (Å²) in [4.78, 5) is 28.8. The first kappa shape index (κ1) is 19.5. The van der Waals surface area contributed by atoms with Gasteiger partial charge in [-0.3, -0.25) is 4.79 Å². The first-order chi connectivity index (χ1) is 11.9. The molecule has 2 heterocycles. The van der Waals surface area contributed by atoms with Crippen LogP contribution in [-0.2, 0) is 23.0 Å². The van der Waals surface area contributed by atoms with Crippen LogP contribution in [0, 0.1) is 5.92 Å². The van der Waals surface area contributed by atoms with E-state index in [1.54, 1.807) is 13.1 Å². The number of esters is 1. The van der Waals surface area contributed by atoms with E-state index < -0.39 is 0 Å². The largest absolute Gasteiger partial charge is 0.462 e. The second kappa shape index (κ2) is 9.05. The molecule has 0 aliphatic rings. The van der Waals surface area contributed by atoms with Crippen LogP contribution in [0.5, 0.6) is 0 Å². The lowest BCUT2D eigenvalue weighted by Gasteiger charge is -2.09. The predicted molar refractivity (Wildman–Crippen MR) is 101 cm³/mol. The predicted octanol–water partition coefficient (Wildman–Crippen LogP) is 3.59. The SMILES string of the molecule is CCOC(=O)c1c(CC(C)C)csc1NC(=O)CSc1nccn1C. The van der Waals surface area contributed by atoms with E-state index in [9.17, 15) is 9.59 Å². The van der Waals surface area contributed by atoms with Crippen LogP contribution in [-0.4, -0.2) is 33.8 Å². The van der Waals surface area contributed by atoms with Gasteiger partial charge in [-0.25, -0.2) is 9.78 Å². The number of imidazole rings is 1. The molecule has 25 heavy (non-hydrogen) atoms. The van der Waals surface area contributed by atoms with Crippen molar-refractivity contribution < 1.29 is 14.3 Å². The molecule has 2 aromatic heterocycles. The van der Waals surface area contributed by atoms with Crippen molar-refractivity contribution in [1.82, 2.24) is 9.55 Å². The Kier molecular flexibility index (Phi) is 7.07. The van der Waals surface area contributed by atoms with Crippen molar-refractivity contribution in [1.29, 1.82) is 0 Å². The minimum Gasteiger partial charge on any atom is -0.462 e. The number of hydrogen-bond acceptors (Lipinski definition) is 6. The Labute approximate surface area is 156 Å². The number of anilines is 1. The maximum absolute atomic E-state index is 12.3. The summed E-state index contributed by atoms with van der Waals surface area (Å²) < 4.78 is 7.02. The van der Waals surface area contributed by atoms with E-state index >= 15 is 0 Å². The summed E-state index contributed by atoms with van der Waals surface area (Å²) in [7, 11) is 1.88. The molecule has 0 atom stereocenters. The summed E-state index contributed by atoms with van der Waals surface area (Å²) in [5.41, 5.74) is 1.40. The molecule has 0 spiro atoms. The van der Waals surface area contributed by atoms with Gasteiger partial charge in [0.05, 0.1) is 17.9 Å². The van der Waals surface area contributed by atoms with Crippen LogP contribution in [0.2, 0.25) is 0 Å². The van der Waals surface area contributed by atoms with Gasteiger partial charge in [0, 0.05) is 19.4 Å².